The van der Waals surface area contributed by atoms with E-state index in [4.69, 9.17) is 5.14 Å². The molecule has 0 amide bonds. The highest BCUT2D eigenvalue weighted by molar-refractivity contribution is 7.89. The van der Waals surface area contributed by atoms with Crippen molar-refractivity contribution in [2.45, 2.75) is 18.4 Å². The first-order chi connectivity index (χ1) is 13.1. The van der Waals surface area contributed by atoms with Crippen molar-refractivity contribution in [3.05, 3.63) is 45.1 Å². The summed E-state index contributed by atoms with van der Waals surface area (Å²) in [5.74, 6) is 0.736. The van der Waals surface area contributed by atoms with Crippen LogP contribution in [0.2, 0.25) is 0 Å². The fourth-order valence-electron chi connectivity index (χ4n) is 3.61. The van der Waals surface area contributed by atoms with E-state index in [1.54, 1.807) is 19.2 Å². The molecule has 28 heavy (non-hydrogen) atoms. The minimum atomic E-state index is -3.78. The Balaban J connectivity index is 1.95. The van der Waals surface area contributed by atoms with Crippen LogP contribution in [0.3, 0.4) is 0 Å². The molecule has 4 rings (SSSR count). The second-order valence-electron chi connectivity index (χ2n) is 7.16. The van der Waals surface area contributed by atoms with Crippen LogP contribution in [0, 0.1) is 5.92 Å². The third-order valence-corrected chi connectivity index (χ3v) is 5.96. The van der Waals surface area contributed by atoms with E-state index in [0.29, 0.717) is 30.2 Å². The third kappa shape index (κ3) is 2.66. The lowest BCUT2D eigenvalue weighted by atomic mass is 10.1. The van der Waals surface area contributed by atoms with Gasteiger partial charge in [-0.05, 0) is 30.2 Å². The Labute approximate surface area is 160 Å². The number of imidazole rings is 1. The zero-order valence-electron chi connectivity index (χ0n) is 15.7. The summed E-state index contributed by atoms with van der Waals surface area (Å²) < 4.78 is 27.3. The Bertz CT molecular complexity index is 1320. The topological polar surface area (TPSA) is 125 Å². The lowest BCUT2D eigenvalue weighted by Gasteiger charge is -2.33. The van der Waals surface area contributed by atoms with E-state index in [0.717, 1.165) is 10.3 Å². The number of nitrogens with two attached hydrogens (primary N) is 1. The Hall–Kier alpha value is -2.92. The van der Waals surface area contributed by atoms with Crippen molar-refractivity contribution in [1.82, 2.24) is 18.7 Å². The van der Waals surface area contributed by atoms with Crippen LogP contribution < -0.4 is 21.3 Å². The second kappa shape index (κ2) is 6.04. The second-order valence-corrected chi connectivity index (χ2v) is 8.72. The summed E-state index contributed by atoms with van der Waals surface area (Å²) in [7, 11) is -0.759. The van der Waals surface area contributed by atoms with Crippen molar-refractivity contribution < 1.29 is 8.42 Å². The van der Waals surface area contributed by atoms with Gasteiger partial charge >= 0.3 is 5.69 Å². The van der Waals surface area contributed by atoms with Gasteiger partial charge in [-0.15, -0.1) is 0 Å². The van der Waals surface area contributed by atoms with Crippen molar-refractivity contribution in [3.63, 3.8) is 0 Å². The summed E-state index contributed by atoms with van der Waals surface area (Å²) in [6.07, 6.45) is 0. The number of benzene rings is 1. The predicted molar refractivity (Wildman–Crippen MR) is 104 cm³/mol. The zero-order valence-corrected chi connectivity index (χ0v) is 16.5. The van der Waals surface area contributed by atoms with Crippen molar-refractivity contribution in [2.75, 3.05) is 11.4 Å². The standard InChI is InChI=1S/C17H20N6O4S/c1-10-8-22(11-4-6-12(7-5-11)28(18,26)27)16-19-14-13(23(16)9-10)15(24)21(3)17(25)20(14)2/h4-7,10H,8-9H2,1-3H3,(H2,18,26,27). The Kier molecular flexibility index (Phi) is 3.98. The van der Waals surface area contributed by atoms with Gasteiger partial charge in [0.2, 0.25) is 16.0 Å². The molecule has 1 aliphatic heterocycles. The SMILES string of the molecule is CC1CN(c2ccc(S(N)(=O)=O)cc2)c2nc3c(c(=O)n(C)c(=O)n3C)n2C1. The molecular formula is C17H20N6O4S. The molecule has 0 fully saturated rings. The van der Waals surface area contributed by atoms with Crippen LogP contribution >= 0.6 is 0 Å². The van der Waals surface area contributed by atoms with E-state index in [2.05, 4.69) is 4.98 Å². The smallest absolute Gasteiger partial charge is 0.312 e. The molecule has 1 unspecified atom stereocenters. The van der Waals surface area contributed by atoms with Crippen LogP contribution in [-0.2, 0) is 30.7 Å². The summed E-state index contributed by atoms with van der Waals surface area (Å²) >= 11 is 0. The van der Waals surface area contributed by atoms with Gasteiger partial charge < -0.3 is 9.47 Å². The average molecular weight is 404 g/mol. The number of aryl methyl sites for hydroxylation is 1. The van der Waals surface area contributed by atoms with Crippen LogP contribution in [0.1, 0.15) is 6.92 Å². The quantitative estimate of drug-likeness (QED) is 0.634. The number of nitrogens with zero attached hydrogens (tertiary/aromatic N) is 5. The Morgan fingerprint density at radius 2 is 1.71 bits per heavy atom. The lowest BCUT2D eigenvalue weighted by Crippen LogP contribution is -2.38. The monoisotopic (exact) mass is 404 g/mol. The van der Waals surface area contributed by atoms with Gasteiger partial charge in [0.1, 0.15) is 0 Å². The highest BCUT2D eigenvalue weighted by Crippen LogP contribution is 2.33. The van der Waals surface area contributed by atoms with Crippen molar-refractivity contribution in [1.29, 1.82) is 0 Å². The van der Waals surface area contributed by atoms with E-state index in [1.807, 2.05) is 16.4 Å². The highest BCUT2D eigenvalue weighted by Gasteiger charge is 2.29. The Morgan fingerprint density at radius 1 is 1.07 bits per heavy atom. The number of primary sulfonamides is 1. The third-order valence-electron chi connectivity index (χ3n) is 5.03. The lowest BCUT2D eigenvalue weighted by molar-refractivity contribution is 0.458. The maximum absolute atomic E-state index is 12.7. The van der Waals surface area contributed by atoms with Gasteiger partial charge in [-0.25, -0.2) is 18.4 Å². The van der Waals surface area contributed by atoms with Crippen LogP contribution in [0.25, 0.3) is 11.2 Å². The predicted octanol–water partition coefficient (Wildman–Crippen LogP) is -0.131. The van der Waals surface area contributed by atoms with E-state index >= 15 is 0 Å². The summed E-state index contributed by atoms with van der Waals surface area (Å²) in [5, 5.41) is 5.17. The van der Waals surface area contributed by atoms with E-state index in [9.17, 15) is 18.0 Å². The minimum absolute atomic E-state index is 0.0195. The van der Waals surface area contributed by atoms with Crippen LogP contribution in [0.5, 0.6) is 0 Å². The number of hydrogen-bond acceptors (Lipinski definition) is 6. The van der Waals surface area contributed by atoms with Gasteiger partial charge in [-0.3, -0.25) is 13.9 Å². The van der Waals surface area contributed by atoms with Gasteiger partial charge in [0.05, 0.1) is 4.90 Å². The zero-order chi connectivity index (χ0) is 20.4. The van der Waals surface area contributed by atoms with Crippen LogP contribution in [-0.4, -0.2) is 33.6 Å². The van der Waals surface area contributed by atoms with E-state index in [1.165, 1.54) is 23.7 Å². The van der Waals surface area contributed by atoms with Crippen LogP contribution in [0.15, 0.2) is 38.8 Å². The van der Waals surface area contributed by atoms with Gasteiger partial charge in [0, 0.05) is 32.9 Å². The molecule has 0 spiro atoms. The molecule has 3 heterocycles. The van der Waals surface area contributed by atoms with E-state index in [-0.39, 0.29) is 10.8 Å². The first-order valence-electron chi connectivity index (χ1n) is 8.66. The molecule has 2 N–H and O–H groups in total. The molecule has 0 saturated carbocycles. The molecule has 10 nitrogen and oxygen atoms in total. The van der Waals surface area contributed by atoms with Crippen molar-refractivity contribution in [3.8, 4) is 0 Å². The number of aromatic nitrogens is 4. The number of anilines is 2. The van der Waals surface area contributed by atoms with Gasteiger partial charge in [-0.1, -0.05) is 6.92 Å². The van der Waals surface area contributed by atoms with Gasteiger partial charge in [-0.2, -0.15) is 4.98 Å². The average Bonchev–Trinajstić information content (AvgIpc) is 3.03. The molecule has 0 bridgehead atoms. The number of rotatable bonds is 2. The van der Waals surface area contributed by atoms with Crippen molar-refractivity contribution in [2.24, 2.45) is 25.2 Å². The van der Waals surface area contributed by atoms with Gasteiger partial charge in [0.15, 0.2) is 11.2 Å². The first-order valence-corrected chi connectivity index (χ1v) is 10.2. The highest BCUT2D eigenvalue weighted by atomic mass is 32.2. The van der Waals surface area contributed by atoms with Crippen molar-refractivity contribution >= 4 is 32.8 Å². The fourth-order valence-corrected chi connectivity index (χ4v) is 4.13. The normalized spacial score (nSPS) is 17.1. The maximum atomic E-state index is 12.7. The molecule has 148 valence electrons. The summed E-state index contributed by atoms with van der Waals surface area (Å²) in [4.78, 5) is 31.5. The minimum Gasteiger partial charge on any atom is -0.312 e. The van der Waals surface area contributed by atoms with E-state index < -0.39 is 21.3 Å². The molecule has 1 aromatic carbocycles. The molecular weight excluding hydrogens is 384 g/mol. The fraction of sp³-hybridized carbons (Fsp3) is 0.353. The summed E-state index contributed by atoms with van der Waals surface area (Å²) in [5.41, 5.74) is 0.582. The number of sulfonamides is 1. The summed E-state index contributed by atoms with van der Waals surface area (Å²) in [6, 6.07) is 6.18. The summed E-state index contributed by atoms with van der Waals surface area (Å²) in [6.45, 7) is 3.27. The molecule has 1 aliphatic rings. The first kappa shape index (κ1) is 18.4. The number of hydrogen-bond donors (Lipinski definition) is 1. The molecule has 1 atom stereocenters. The maximum Gasteiger partial charge on any atom is 0.332 e. The molecule has 0 aliphatic carbocycles. The van der Waals surface area contributed by atoms with Gasteiger partial charge in [0.25, 0.3) is 5.56 Å². The number of fused-ring (bicyclic) bond motifs is 3. The molecule has 11 heteroatoms. The molecule has 0 radical (unpaired) electrons. The molecule has 3 aromatic rings. The van der Waals surface area contributed by atoms with Crippen LogP contribution in [0.4, 0.5) is 11.6 Å². The molecule has 2 aromatic heterocycles. The molecule has 0 saturated heterocycles. The Morgan fingerprint density at radius 3 is 2.32 bits per heavy atom. The largest absolute Gasteiger partial charge is 0.332 e.